The number of nitrogens with one attached hydrogen (secondary N) is 4. The number of likely N-dealkylation sites (tertiary alicyclic amines) is 2. The van der Waals surface area contributed by atoms with Crippen molar-refractivity contribution in [2.75, 3.05) is 47.6 Å². The Balaban J connectivity index is 1.08. The number of hydrogen-bond acceptors (Lipinski definition) is 10. The summed E-state index contributed by atoms with van der Waals surface area (Å²) in [6.07, 6.45) is 3.66. The predicted octanol–water partition coefficient (Wildman–Crippen LogP) is 7.40. The summed E-state index contributed by atoms with van der Waals surface area (Å²) in [4.78, 5) is 71.7. The maximum Gasteiger partial charge on any atom is 0.407 e. The normalized spacial score (nSPS) is 17.3. The molecule has 7 rings (SSSR count). The lowest BCUT2D eigenvalue weighted by atomic mass is 9.98. The van der Waals surface area contributed by atoms with Crippen molar-refractivity contribution in [2.45, 2.75) is 77.5 Å². The fraction of sp³-hybridized carbons (Fsp3) is 0.447. The molecule has 4 N–H and O–H groups in total. The van der Waals surface area contributed by atoms with E-state index >= 15 is 0 Å². The second-order valence-electron chi connectivity index (χ2n) is 16.8. The molecule has 0 bridgehead atoms. The second kappa shape index (κ2) is 19.7. The third-order valence-corrected chi connectivity index (χ3v) is 12.0. The summed E-state index contributed by atoms with van der Waals surface area (Å²) < 4.78 is 21.2. The number of rotatable bonds is 15. The number of nitrogens with zero attached hydrogens (tertiary/aromatic N) is 4. The summed E-state index contributed by atoms with van der Waals surface area (Å²) in [6.45, 7) is 9.49. The Labute approximate surface area is 367 Å². The summed E-state index contributed by atoms with van der Waals surface area (Å²) in [5.74, 6) is 1.49. The highest BCUT2D eigenvalue weighted by atomic mass is 16.5. The number of aromatic amines is 2. The largest absolute Gasteiger partial charge is 0.490 e. The first-order valence-electron chi connectivity index (χ1n) is 21.6. The highest BCUT2D eigenvalue weighted by Gasteiger charge is 2.39. The van der Waals surface area contributed by atoms with Crippen LogP contribution < -0.4 is 15.4 Å². The molecule has 2 aliphatic heterocycles. The van der Waals surface area contributed by atoms with Crippen LogP contribution in [0.1, 0.15) is 77.1 Å². The Hall–Kier alpha value is -6.42. The van der Waals surface area contributed by atoms with Gasteiger partial charge in [0.05, 0.1) is 55.8 Å². The number of carbonyl (C=O) groups excluding carboxylic acids is 4. The predicted molar refractivity (Wildman–Crippen MR) is 238 cm³/mol. The molecule has 3 aromatic carbocycles. The van der Waals surface area contributed by atoms with Crippen molar-refractivity contribution >= 4 is 35.0 Å². The van der Waals surface area contributed by atoms with Crippen molar-refractivity contribution in [3.63, 3.8) is 0 Å². The van der Waals surface area contributed by atoms with E-state index in [-0.39, 0.29) is 35.7 Å². The van der Waals surface area contributed by atoms with Crippen molar-refractivity contribution in [3.8, 4) is 39.3 Å². The highest BCUT2D eigenvalue weighted by molar-refractivity contribution is 5.88. The number of imidazole rings is 2. The lowest BCUT2D eigenvalue weighted by Crippen LogP contribution is -2.51. The summed E-state index contributed by atoms with van der Waals surface area (Å²) in [5.41, 5.74) is 7.28. The molecule has 16 nitrogen and oxygen atoms in total. The molecule has 0 spiro atoms. The summed E-state index contributed by atoms with van der Waals surface area (Å²) in [5, 5.41) is 5.41. The van der Waals surface area contributed by atoms with E-state index in [0.29, 0.717) is 37.9 Å². The van der Waals surface area contributed by atoms with E-state index in [1.54, 1.807) is 18.2 Å². The average molecular weight is 863 g/mol. The third-order valence-electron chi connectivity index (χ3n) is 12.0. The molecule has 2 fully saturated rings. The average Bonchev–Trinajstić information content (AvgIpc) is 4.13. The number of carbonyl (C=O) groups is 4. The van der Waals surface area contributed by atoms with Crippen LogP contribution in [0, 0.1) is 11.8 Å². The minimum Gasteiger partial charge on any atom is -0.490 e. The van der Waals surface area contributed by atoms with Gasteiger partial charge in [0.1, 0.15) is 36.1 Å². The maximum absolute atomic E-state index is 13.7. The van der Waals surface area contributed by atoms with Crippen LogP contribution in [0.25, 0.3) is 44.5 Å². The number of aromatic nitrogens is 4. The van der Waals surface area contributed by atoms with Gasteiger partial charge in [-0.1, -0.05) is 64.1 Å². The Morgan fingerprint density at radius 3 is 1.79 bits per heavy atom. The zero-order valence-electron chi connectivity index (χ0n) is 37.0. The number of benzene rings is 3. The van der Waals surface area contributed by atoms with Crippen LogP contribution in [-0.4, -0.2) is 113 Å². The molecule has 63 heavy (non-hydrogen) atoms. The van der Waals surface area contributed by atoms with Crippen LogP contribution in [0.2, 0.25) is 0 Å². The number of amides is 4. The molecule has 0 radical (unpaired) electrons. The Morgan fingerprint density at radius 2 is 1.24 bits per heavy atom. The number of H-pyrrole nitrogens is 2. The molecule has 4 unspecified atom stereocenters. The number of methoxy groups -OCH3 is 3. The van der Waals surface area contributed by atoms with Gasteiger partial charge in [-0.25, -0.2) is 19.6 Å². The Kier molecular flexibility index (Phi) is 14.0. The van der Waals surface area contributed by atoms with Crippen molar-refractivity contribution in [3.05, 3.63) is 78.5 Å². The maximum atomic E-state index is 13.7. The van der Waals surface area contributed by atoms with Gasteiger partial charge in [0.15, 0.2) is 0 Å². The van der Waals surface area contributed by atoms with Gasteiger partial charge >= 0.3 is 12.2 Å². The lowest BCUT2D eigenvalue weighted by Gasteiger charge is -2.30. The summed E-state index contributed by atoms with van der Waals surface area (Å²) in [7, 11) is 4.21. The third kappa shape index (κ3) is 9.80. The number of alkyl carbamates (subject to hydrolysis) is 2. The van der Waals surface area contributed by atoms with Gasteiger partial charge in [0.25, 0.3) is 0 Å². The Bertz CT molecular complexity index is 2410. The molecular formula is C47H58N8O8. The molecule has 5 aromatic rings. The van der Waals surface area contributed by atoms with Gasteiger partial charge in [0.2, 0.25) is 11.8 Å². The highest BCUT2D eigenvalue weighted by Crippen LogP contribution is 2.38. The summed E-state index contributed by atoms with van der Waals surface area (Å²) >= 11 is 0. The fourth-order valence-electron chi connectivity index (χ4n) is 8.53. The van der Waals surface area contributed by atoms with Crippen molar-refractivity contribution in [2.24, 2.45) is 11.8 Å². The van der Waals surface area contributed by atoms with Crippen LogP contribution in [0.3, 0.4) is 0 Å². The van der Waals surface area contributed by atoms with Crippen molar-refractivity contribution in [1.82, 2.24) is 40.4 Å². The molecular weight excluding hydrogens is 805 g/mol. The molecule has 2 aliphatic rings. The van der Waals surface area contributed by atoms with Crippen LogP contribution >= 0.6 is 0 Å². The molecule has 334 valence electrons. The number of ether oxygens (including phenoxy) is 4. The fourth-order valence-corrected chi connectivity index (χ4v) is 8.53. The van der Waals surface area contributed by atoms with E-state index in [0.717, 1.165) is 76.1 Å². The van der Waals surface area contributed by atoms with Gasteiger partial charge in [-0.15, -0.1) is 0 Å². The monoisotopic (exact) mass is 862 g/mol. The lowest BCUT2D eigenvalue weighted by molar-refractivity contribution is -0.136. The van der Waals surface area contributed by atoms with E-state index in [9.17, 15) is 19.2 Å². The van der Waals surface area contributed by atoms with E-state index in [4.69, 9.17) is 28.9 Å². The van der Waals surface area contributed by atoms with Crippen molar-refractivity contribution in [1.29, 1.82) is 0 Å². The van der Waals surface area contributed by atoms with Gasteiger partial charge in [0, 0.05) is 25.8 Å². The molecule has 16 heteroatoms. The second-order valence-corrected chi connectivity index (χ2v) is 16.8. The number of fused-ring (bicyclic) bond motifs is 1. The SMILES string of the molecule is COCCOc1cc(-c2ccc(-c3ccc4nc(C5CCCN5C(=O)C(NC(=O)OC)C(C)C)[nH]c4c3)cc2)ccc1-c1cnc(C2CCCN2C(=O)C(NC(=O)OC)C(C)C)[nH]1. The first-order valence-corrected chi connectivity index (χ1v) is 21.6. The first-order chi connectivity index (χ1) is 30.4. The molecule has 0 aliphatic carbocycles. The first kappa shape index (κ1) is 44.6. The van der Waals surface area contributed by atoms with Crippen LogP contribution in [-0.2, 0) is 23.8 Å². The van der Waals surface area contributed by atoms with Crippen LogP contribution in [0.5, 0.6) is 5.75 Å². The molecule has 4 heterocycles. The topological polar surface area (TPSA) is 193 Å². The standard InChI is InChI=1S/C47H58N8O8/c1-27(2)40(52-46(58)61-6)44(56)54-20-8-10-37(54)42-48-26-36(51-42)33-18-16-32(25-39(33)63-23-22-60-5)30-14-12-29(13-15-30)31-17-19-34-35(24-31)50-43(49-34)38-11-9-21-55(38)45(57)41(28(3)4)53-47(59)62-7/h12-19,24-28,37-38,40-41H,8-11,20-23H2,1-7H3,(H,48,51)(H,49,50)(H,52,58)(H,53,59). The molecule has 4 amide bonds. The quantitative estimate of drug-likeness (QED) is 0.0771. The minimum absolute atomic E-state index is 0.118. The molecule has 2 saturated heterocycles. The van der Waals surface area contributed by atoms with Gasteiger partial charge < -0.3 is 49.3 Å². The zero-order valence-corrected chi connectivity index (χ0v) is 37.0. The molecule has 0 saturated carbocycles. The van der Waals surface area contributed by atoms with E-state index in [2.05, 4.69) is 57.0 Å². The van der Waals surface area contributed by atoms with Gasteiger partial charge in [-0.2, -0.15) is 0 Å². The Morgan fingerprint density at radius 1 is 0.698 bits per heavy atom. The zero-order chi connectivity index (χ0) is 44.8. The summed E-state index contributed by atoms with van der Waals surface area (Å²) in [6, 6.07) is 18.6. The van der Waals surface area contributed by atoms with Crippen LogP contribution in [0.15, 0.2) is 66.9 Å². The molecule has 2 aromatic heterocycles. The molecule has 4 atom stereocenters. The van der Waals surface area contributed by atoms with Crippen molar-refractivity contribution < 1.29 is 38.1 Å². The van der Waals surface area contributed by atoms with Gasteiger partial charge in [-0.05, 0) is 84.0 Å². The minimum atomic E-state index is -0.722. The van der Waals surface area contributed by atoms with Gasteiger partial charge in [-0.3, -0.25) is 9.59 Å². The van der Waals surface area contributed by atoms with E-state index in [1.807, 2.05) is 56.9 Å². The van der Waals surface area contributed by atoms with E-state index < -0.39 is 24.3 Å². The van der Waals surface area contributed by atoms with Crippen LogP contribution in [0.4, 0.5) is 9.59 Å². The smallest absolute Gasteiger partial charge is 0.407 e. The number of hydrogen-bond donors (Lipinski definition) is 4. The van der Waals surface area contributed by atoms with E-state index in [1.165, 1.54) is 14.2 Å².